The summed E-state index contributed by atoms with van der Waals surface area (Å²) in [6.45, 7) is 5.95. The van der Waals surface area contributed by atoms with Gasteiger partial charge in [0.05, 0.1) is 17.6 Å². The van der Waals surface area contributed by atoms with E-state index in [4.69, 9.17) is 0 Å². The molecule has 2 heterocycles. The molecule has 0 saturated heterocycles. The van der Waals surface area contributed by atoms with Crippen LogP contribution in [0.25, 0.3) is 0 Å². The highest BCUT2D eigenvalue weighted by atomic mass is 16.2. The van der Waals surface area contributed by atoms with E-state index in [0.29, 0.717) is 22.8 Å². The number of nitrogens with one attached hydrogen (secondary N) is 5. The molecule has 4 rings (SSSR count). The van der Waals surface area contributed by atoms with Gasteiger partial charge in [0.1, 0.15) is 6.34 Å². The van der Waals surface area contributed by atoms with Crippen LogP contribution >= 0.6 is 0 Å². The van der Waals surface area contributed by atoms with Crippen LogP contribution in [0.3, 0.4) is 0 Å². The van der Waals surface area contributed by atoms with Crippen LogP contribution in [0.5, 0.6) is 0 Å². The number of carbonyl (C=O) groups excluding carboxylic acids is 2. The fraction of sp³-hybridized carbons (Fsp3) is 0.136. The minimum atomic E-state index is -0.352. The van der Waals surface area contributed by atoms with Gasteiger partial charge in [0, 0.05) is 23.3 Å². The molecule has 2 aliphatic rings. The van der Waals surface area contributed by atoms with E-state index in [1.165, 1.54) is 11.2 Å². The molecule has 9 nitrogen and oxygen atoms in total. The Morgan fingerprint density at radius 3 is 2.26 bits per heavy atom. The quantitative estimate of drug-likeness (QED) is 0.521. The molecule has 0 atom stereocenters. The molecule has 0 saturated carbocycles. The monoisotopic (exact) mass is 417 g/mol. The van der Waals surface area contributed by atoms with Gasteiger partial charge in [-0.05, 0) is 56.2 Å². The number of nitrogens with zero attached hydrogens (tertiary/aromatic N) is 2. The molecule has 0 unspecified atom stereocenters. The van der Waals surface area contributed by atoms with Gasteiger partial charge in [-0.25, -0.2) is 19.5 Å². The summed E-state index contributed by atoms with van der Waals surface area (Å²) < 4.78 is 0. The van der Waals surface area contributed by atoms with E-state index in [9.17, 15) is 9.59 Å². The van der Waals surface area contributed by atoms with Crippen LogP contribution in [0.15, 0.2) is 65.2 Å². The molecule has 2 aliphatic heterocycles. The summed E-state index contributed by atoms with van der Waals surface area (Å²) in [5.74, 6) is 0. The van der Waals surface area contributed by atoms with Gasteiger partial charge in [0.15, 0.2) is 0 Å². The second kappa shape index (κ2) is 8.23. The zero-order valence-corrected chi connectivity index (χ0v) is 17.4. The number of hydrogen-bond acceptors (Lipinski definition) is 5. The van der Waals surface area contributed by atoms with Crippen molar-refractivity contribution in [3.8, 4) is 0 Å². The summed E-state index contributed by atoms with van der Waals surface area (Å²) in [5, 5.41) is 8.52. The Hall–Kier alpha value is -4.27. The largest absolute Gasteiger partial charge is 0.331 e. The van der Waals surface area contributed by atoms with Gasteiger partial charge in [-0.15, -0.1) is 0 Å². The van der Waals surface area contributed by atoms with Crippen molar-refractivity contribution in [2.45, 2.75) is 20.8 Å². The lowest BCUT2D eigenvalue weighted by Gasteiger charge is -2.21. The topological polar surface area (TPSA) is 110 Å². The van der Waals surface area contributed by atoms with Crippen LogP contribution in [-0.4, -0.2) is 23.3 Å². The first-order valence-electron chi connectivity index (χ1n) is 9.72. The maximum Gasteiger partial charge on any atom is 0.331 e. The number of hydrazine groups is 1. The number of benzene rings is 2. The minimum absolute atomic E-state index is 0.330. The minimum Gasteiger partial charge on any atom is -0.308 e. The molecule has 158 valence electrons. The second-order valence-corrected chi connectivity index (χ2v) is 7.34. The lowest BCUT2D eigenvalue weighted by atomic mass is 10.1. The molecule has 0 fully saturated rings. The number of fused-ring (bicyclic) bond motifs is 1. The third-order valence-corrected chi connectivity index (χ3v) is 4.87. The molecule has 2 aromatic carbocycles. The summed E-state index contributed by atoms with van der Waals surface area (Å²) in [6.07, 6.45) is 4.75. The first-order chi connectivity index (χ1) is 14.9. The Morgan fingerprint density at radius 2 is 1.58 bits per heavy atom. The average molecular weight is 417 g/mol. The number of rotatable bonds is 3. The van der Waals surface area contributed by atoms with Gasteiger partial charge in [0.25, 0.3) is 0 Å². The van der Waals surface area contributed by atoms with Crippen LogP contribution < -0.4 is 26.8 Å². The number of carbonyl (C=O) groups is 2. The van der Waals surface area contributed by atoms with E-state index in [1.54, 1.807) is 36.7 Å². The molecule has 0 radical (unpaired) electrons. The van der Waals surface area contributed by atoms with Crippen molar-refractivity contribution in [1.29, 1.82) is 0 Å². The molecule has 9 heteroatoms. The van der Waals surface area contributed by atoms with Crippen molar-refractivity contribution in [1.82, 2.24) is 15.8 Å². The van der Waals surface area contributed by atoms with E-state index >= 15 is 0 Å². The fourth-order valence-electron chi connectivity index (χ4n) is 3.49. The molecule has 0 spiro atoms. The lowest BCUT2D eigenvalue weighted by Crippen LogP contribution is -2.35. The summed E-state index contributed by atoms with van der Waals surface area (Å²) in [6, 6.07) is 10.2. The number of anilines is 3. The Bertz CT molecular complexity index is 1110. The number of hydrogen-bond donors (Lipinski definition) is 5. The molecule has 2 aromatic rings. The number of urea groups is 2. The standard InChI is InChI=1S/C22H23N7O2/c1-13-8-14(2)20(15(3)9-13)27-21(30)25-16-4-6-17(7-5-16)26-22(31)29-12-23-10-18-19(29)11-24-28-18/h4-12,24,28H,1-3H3,(H,26,31)(H2,25,27,30). The van der Waals surface area contributed by atoms with E-state index in [0.717, 1.165) is 22.4 Å². The first kappa shape index (κ1) is 20.0. The predicted molar refractivity (Wildman–Crippen MR) is 122 cm³/mol. The third-order valence-electron chi connectivity index (χ3n) is 4.87. The van der Waals surface area contributed by atoms with Crippen molar-refractivity contribution in [2.75, 3.05) is 16.0 Å². The predicted octanol–water partition coefficient (Wildman–Crippen LogP) is 3.92. The SMILES string of the molecule is Cc1cc(C)c(NC(=O)Nc2ccc(NC(=O)N3C=NC=C4NNC=C43)cc2)c(C)c1. The highest BCUT2D eigenvalue weighted by Gasteiger charge is 2.25. The Labute approximate surface area is 179 Å². The second-order valence-electron chi connectivity index (χ2n) is 7.34. The Morgan fingerprint density at radius 1 is 0.935 bits per heavy atom. The maximum atomic E-state index is 12.6. The van der Waals surface area contributed by atoms with E-state index in [1.807, 2.05) is 32.9 Å². The van der Waals surface area contributed by atoms with Gasteiger partial charge in [0.2, 0.25) is 0 Å². The maximum absolute atomic E-state index is 12.6. The van der Waals surface area contributed by atoms with E-state index in [2.05, 4.69) is 31.8 Å². The number of aryl methyl sites for hydroxylation is 3. The van der Waals surface area contributed by atoms with Gasteiger partial charge in [-0.3, -0.25) is 5.43 Å². The lowest BCUT2D eigenvalue weighted by molar-refractivity contribution is 0.241. The highest BCUT2D eigenvalue weighted by molar-refractivity contribution is 6.01. The molecule has 31 heavy (non-hydrogen) atoms. The van der Waals surface area contributed by atoms with E-state index < -0.39 is 0 Å². The zero-order chi connectivity index (χ0) is 22.0. The van der Waals surface area contributed by atoms with Crippen LogP contribution in [0.4, 0.5) is 26.7 Å². The highest BCUT2D eigenvalue weighted by Crippen LogP contribution is 2.23. The van der Waals surface area contributed by atoms with Gasteiger partial charge in [-0.1, -0.05) is 17.7 Å². The third kappa shape index (κ3) is 4.35. The van der Waals surface area contributed by atoms with Crippen molar-refractivity contribution in [2.24, 2.45) is 4.99 Å². The van der Waals surface area contributed by atoms with E-state index in [-0.39, 0.29) is 12.1 Å². The van der Waals surface area contributed by atoms with Gasteiger partial charge >= 0.3 is 12.1 Å². The molecule has 0 aliphatic carbocycles. The van der Waals surface area contributed by atoms with Crippen LogP contribution in [0.2, 0.25) is 0 Å². The summed E-state index contributed by atoms with van der Waals surface area (Å²) >= 11 is 0. The molecular formula is C22H23N7O2. The van der Waals surface area contributed by atoms with Crippen LogP contribution in [0, 0.1) is 20.8 Å². The van der Waals surface area contributed by atoms with Crippen molar-refractivity contribution in [3.05, 3.63) is 76.9 Å². The molecular weight excluding hydrogens is 394 g/mol. The van der Waals surface area contributed by atoms with Gasteiger partial charge < -0.3 is 21.4 Å². The summed E-state index contributed by atoms with van der Waals surface area (Å²) in [7, 11) is 0. The van der Waals surface area contributed by atoms with Crippen LogP contribution in [-0.2, 0) is 0 Å². The molecule has 0 aromatic heterocycles. The molecule has 4 amide bonds. The average Bonchev–Trinajstić information content (AvgIpc) is 3.21. The number of amides is 4. The Kier molecular flexibility index (Phi) is 5.31. The van der Waals surface area contributed by atoms with Crippen molar-refractivity contribution >= 4 is 35.5 Å². The molecule has 5 N–H and O–H groups in total. The van der Waals surface area contributed by atoms with Crippen LogP contribution in [0.1, 0.15) is 16.7 Å². The first-order valence-corrected chi connectivity index (χ1v) is 9.72. The zero-order valence-electron chi connectivity index (χ0n) is 17.4. The van der Waals surface area contributed by atoms with Crippen molar-refractivity contribution in [3.63, 3.8) is 0 Å². The van der Waals surface area contributed by atoms with Crippen molar-refractivity contribution < 1.29 is 9.59 Å². The summed E-state index contributed by atoms with van der Waals surface area (Å²) in [4.78, 5) is 30.4. The fourth-order valence-corrected chi connectivity index (χ4v) is 3.49. The Balaban J connectivity index is 1.36. The smallest absolute Gasteiger partial charge is 0.308 e. The van der Waals surface area contributed by atoms with Gasteiger partial charge in [-0.2, -0.15) is 0 Å². The summed E-state index contributed by atoms with van der Waals surface area (Å²) in [5.41, 5.74) is 12.3. The molecule has 0 bridgehead atoms. The normalized spacial score (nSPS) is 14.0. The number of aliphatic imine (C=N–C) groups is 1.